The second kappa shape index (κ2) is 10.8. The molecule has 0 fully saturated rings. The van der Waals surface area contributed by atoms with Gasteiger partial charge in [0.05, 0.1) is 0 Å². The molecule has 1 aliphatic rings. The number of ether oxygens (including phenoxy) is 2. The number of rotatable bonds is 5. The molecule has 2 aromatic rings. The van der Waals surface area contributed by atoms with Gasteiger partial charge in [-0.05, 0) is 29.2 Å². The molecule has 6 nitrogen and oxygen atoms in total. The monoisotopic (exact) mass is 382 g/mol. The maximum Gasteiger partial charge on any atom is 0.407 e. The molecule has 28 heavy (non-hydrogen) atoms. The van der Waals surface area contributed by atoms with Gasteiger partial charge in [-0.2, -0.15) is 0 Å². The molecule has 0 saturated heterocycles. The van der Waals surface area contributed by atoms with Crippen LogP contribution in [0.25, 0.3) is 11.1 Å². The van der Waals surface area contributed by atoms with Crippen LogP contribution in [0.3, 0.4) is 0 Å². The average Bonchev–Trinajstić information content (AvgIpc) is 3.05. The van der Waals surface area contributed by atoms with Crippen LogP contribution in [-0.4, -0.2) is 39.0 Å². The highest BCUT2D eigenvalue weighted by molar-refractivity contribution is 5.79. The van der Waals surface area contributed by atoms with E-state index in [-0.39, 0.29) is 18.6 Å². The van der Waals surface area contributed by atoms with Crippen molar-refractivity contribution in [3.05, 3.63) is 72.3 Å². The minimum absolute atomic E-state index is 0.130. The van der Waals surface area contributed by atoms with E-state index in [0.29, 0.717) is 13.2 Å². The summed E-state index contributed by atoms with van der Waals surface area (Å²) in [6.45, 7) is 6.46. The molecule has 0 aliphatic heterocycles. The summed E-state index contributed by atoms with van der Waals surface area (Å²) in [4.78, 5) is 21.7. The maximum absolute atomic E-state index is 11.5. The molecular formula is C22H26N2O4. The second-order valence-corrected chi connectivity index (χ2v) is 5.99. The van der Waals surface area contributed by atoms with E-state index in [1.807, 2.05) is 31.2 Å². The zero-order valence-electron chi connectivity index (χ0n) is 16.2. The van der Waals surface area contributed by atoms with Gasteiger partial charge in [0.2, 0.25) is 0 Å². The molecule has 0 bridgehead atoms. The van der Waals surface area contributed by atoms with Crippen molar-refractivity contribution in [2.24, 2.45) is 0 Å². The van der Waals surface area contributed by atoms with Gasteiger partial charge in [-0.25, -0.2) is 9.59 Å². The Morgan fingerprint density at radius 1 is 1.00 bits per heavy atom. The number of hydrogen-bond acceptors (Lipinski definition) is 4. The molecular weight excluding hydrogens is 356 g/mol. The Morgan fingerprint density at radius 3 is 2.07 bits per heavy atom. The largest absolute Gasteiger partial charge is 0.449 e. The van der Waals surface area contributed by atoms with Crippen molar-refractivity contribution >= 4 is 12.2 Å². The van der Waals surface area contributed by atoms with Crippen LogP contribution < -0.4 is 10.6 Å². The van der Waals surface area contributed by atoms with Gasteiger partial charge in [-0.1, -0.05) is 61.2 Å². The van der Waals surface area contributed by atoms with Crippen LogP contribution in [0.4, 0.5) is 9.59 Å². The normalized spacial score (nSPS) is 11.2. The van der Waals surface area contributed by atoms with Crippen LogP contribution in [0, 0.1) is 0 Å². The second-order valence-electron chi connectivity index (χ2n) is 5.99. The van der Waals surface area contributed by atoms with Gasteiger partial charge in [0, 0.05) is 19.5 Å². The third kappa shape index (κ3) is 5.36. The fraction of sp³-hybridized carbons (Fsp3) is 0.273. The van der Waals surface area contributed by atoms with E-state index in [1.54, 1.807) is 0 Å². The number of fused-ring (bicyclic) bond motifs is 3. The standard InChI is InChI=1S/C17H17NO2.C5H9NO2/c1-2-18-17(19)20-11-16-14-9-5-3-7-12(14)13-8-4-6-10-15(13)16;1-3-4-8-5(7)6-2/h3-10,16H,2,11H2,1H3,(H,18,19);3H,1,4H2,2H3,(H,6,7). The van der Waals surface area contributed by atoms with Gasteiger partial charge < -0.3 is 20.1 Å². The van der Waals surface area contributed by atoms with E-state index >= 15 is 0 Å². The summed E-state index contributed by atoms with van der Waals surface area (Å²) < 4.78 is 9.80. The molecule has 0 spiro atoms. The van der Waals surface area contributed by atoms with E-state index in [1.165, 1.54) is 35.4 Å². The Labute approximate surface area is 165 Å². The lowest BCUT2D eigenvalue weighted by Gasteiger charge is -2.14. The van der Waals surface area contributed by atoms with Gasteiger partial charge in [0.1, 0.15) is 13.2 Å². The topological polar surface area (TPSA) is 76.7 Å². The lowest BCUT2D eigenvalue weighted by molar-refractivity contribution is 0.143. The minimum Gasteiger partial charge on any atom is -0.449 e. The van der Waals surface area contributed by atoms with E-state index in [2.05, 4.69) is 46.2 Å². The summed E-state index contributed by atoms with van der Waals surface area (Å²) in [5, 5.41) is 4.95. The highest BCUT2D eigenvalue weighted by atomic mass is 16.6. The van der Waals surface area contributed by atoms with Gasteiger partial charge in [0.25, 0.3) is 0 Å². The van der Waals surface area contributed by atoms with Crippen molar-refractivity contribution in [1.82, 2.24) is 10.6 Å². The molecule has 2 amide bonds. The van der Waals surface area contributed by atoms with Crippen LogP contribution in [0.2, 0.25) is 0 Å². The Hall–Kier alpha value is -3.28. The van der Waals surface area contributed by atoms with Crippen molar-refractivity contribution in [2.75, 3.05) is 26.8 Å². The predicted octanol–water partition coefficient (Wildman–Crippen LogP) is 4.07. The zero-order chi connectivity index (χ0) is 20.4. The van der Waals surface area contributed by atoms with Crippen LogP contribution >= 0.6 is 0 Å². The Kier molecular flexibility index (Phi) is 8.09. The molecule has 0 aromatic heterocycles. The van der Waals surface area contributed by atoms with Gasteiger partial charge in [-0.3, -0.25) is 0 Å². The zero-order valence-corrected chi connectivity index (χ0v) is 16.2. The highest BCUT2D eigenvalue weighted by Gasteiger charge is 2.28. The summed E-state index contributed by atoms with van der Waals surface area (Å²) in [7, 11) is 1.51. The Balaban J connectivity index is 0.000000300. The summed E-state index contributed by atoms with van der Waals surface area (Å²) in [5.74, 6) is 0.130. The molecule has 0 unspecified atom stereocenters. The first-order valence-corrected chi connectivity index (χ1v) is 9.16. The van der Waals surface area contributed by atoms with Gasteiger partial charge in [0.15, 0.2) is 0 Å². The lowest BCUT2D eigenvalue weighted by atomic mass is 9.98. The van der Waals surface area contributed by atoms with Crippen molar-refractivity contribution in [2.45, 2.75) is 12.8 Å². The van der Waals surface area contributed by atoms with Crippen molar-refractivity contribution in [1.29, 1.82) is 0 Å². The van der Waals surface area contributed by atoms with E-state index < -0.39 is 6.09 Å². The summed E-state index contributed by atoms with van der Waals surface area (Å²) in [6, 6.07) is 16.6. The molecule has 1 aliphatic carbocycles. The third-order valence-electron chi connectivity index (χ3n) is 4.20. The summed E-state index contributed by atoms with van der Waals surface area (Å²) >= 11 is 0. The molecule has 0 atom stereocenters. The van der Waals surface area contributed by atoms with Crippen molar-refractivity contribution in [3.8, 4) is 11.1 Å². The number of nitrogens with one attached hydrogen (secondary N) is 2. The number of hydrogen-bond donors (Lipinski definition) is 2. The fourth-order valence-corrected chi connectivity index (χ4v) is 3.00. The average molecular weight is 382 g/mol. The van der Waals surface area contributed by atoms with Crippen LogP contribution in [0.15, 0.2) is 61.2 Å². The molecule has 2 aromatic carbocycles. The molecule has 0 heterocycles. The molecule has 3 rings (SSSR count). The minimum atomic E-state index is -0.426. The number of amides is 2. The van der Waals surface area contributed by atoms with Crippen molar-refractivity contribution < 1.29 is 19.1 Å². The highest BCUT2D eigenvalue weighted by Crippen LogP contribution is 2.44. The van der Waals surface area contributed by atoms with E-state index in [0.717, 1.165) is 0 Å². The number of carbonyl (C=O) groups excluding carboxylic acids is 2. The molecule has 148 valence electrons. The molecule has 0 saturated carbocycles. The van der Waals surface area contributed by atoms with E-state index in [4.69, 9.17) is 4.74 Å². The molecule has 6 heteroatoms. The number of alkyl carbamates (subject to hydrolysis) is 2. The number of carbonyl (C=O) groups is 2. The predicted molar refractivity (Wildman–Crippen MR) is 109 cm³/mol. The molecule has 0 radical (unpaired) electrons. The van der Waals surface area contributed by atoms with Crippen LogP contribution in [0.5, 0.6) is 0 Å². The third-order valence-corrected chi connectivity index (χ3v) is 4.20. The fourth-order valence-electron chi connectivity index (χ4n) is 3.00. The quantitative estimate of drug-likeness (QED) is 0.764. The van der Waals surface area contributed by atoms with Gasteiger partial charge >= 0.3 is 12.2 Å². The first kappa shape index (κ1) is 21.0. The molecule has 2 N–H and O–H groups in total. The Morgan fingerprint density at radius 2 is 1.57 bits per heavy atom. The summed E-state index contributed by atoms with van der Waals surface area (Å²) in [6.07, 6.45) is 0.731. The van der Waals surface area contributed by atoms with Gasteiger partial charge in [-0.15, -0.1) is 0 Å². The smallest absolute Gasteiger partial charge is 0.407 e. The first-order chi connectivity index (χ1) is 13.6. The van der Waals surface area contributed by atoms with Crippen LogP contribution in [0.1, 0.15) is 24.0 Å². The van der Waals surface area contributed by atoms with Crippen LogP contribution in [-0.2, 0) is 9.47 Å². The first-order valence-electron chi connectivity index (χ1n) is 9.16. The number of benzene rings is 2. The SMILES string of the molecule is C=CCOC(=O)NC.CCNC(=O)OCC1c2ccccc2-c2ccccc21. The van der Waals surface area contributed by atoms with Crippen molar-refractivity contribution in [3.63, 3.8) is 0 Å². The lowest BCUT2D eigenvalue weighted by Crippen LogP contribution is -2.25. The maximum atomic E-state index is 11.5. The summed E-state index contributed by atoms with van der Waals surface area (Å²) in [5.41, 5.74) is 4.95. The van der Waals surface area contributed by atoms with E-state index in [9.17, 15) is 9.59 Å². The Bertz CT molecular complexity index is 774.